The van der Waals surface area contributed by atoms with Gasteiger partial charge in [-0.25, -0.2) is 0 Å². The van der Waals surface area contributed by atoms with Gasteiger partial charge in [0, 0.05) is 5.41 Å². The lowest BCUT2D eigenvalue weighted by atomic mass is 9.66. The molecule has 2 aliphatic rings. The fraction of sp³-hybridized carbons (Fsp3) is 0.750. The van der Waals surface area contributed by atoms with Crippen LogP contribution in [0.5, 0.6) is 0 Å². The van der Waals surface area contributed by atoms with Crippen molar-refractivity contribution in [2.75, 3.05) is 0 Å². The lowest BCUT2D eigenvalue weighted by Gasteiger charge is -2.36. The Morgan fingerprint density at radius 1 is 1.64 bits per heavy atom. The highest BCUT2D eigenvalue weighted by atomic mass is 16.6. The van der Waals surface area contributed by atoms with E-state index in [4.69, 9.17) is 4.74 Å². The van der Waals surface area contributed by atoms with Crippen LogP contribution in [0.3, 0.4) is 0 Å². The molecule has 0 spiro atoms. The highest BCUT2D eigenvalue weighted by molar-refractivity contribution is 5.76. The summed E-state index contributed by atoms with van der Waals surface area (Å²) in [6, 6.07) is 0. The molecule has 0 aromatic carbocycles. The summed E-state index contributed by atoms with van der Waals surface area (Å²) in [5.41, 5.74) is 0.112. The molecular formula is C12H18O2. The normalized spacial score (nSPS) is 40.9. The molecule has 1 aliphatic heterocycles. The van der Waals surface area contributed by atoms with Crippen molar-refractivity contribution in [2.24, 2.45) is 11.3 Å². The van der Waals surface area contributed by atoms with Crippen LogP contribution in [0.25, 0.3) is 0 Å². The molecule has 0 bridgehead atoms. The molecular weight excluding hydrogens is 176 g/mol. The van der Waals surface area contributed by atoms with Gasteiger partial charge in [0.15, 0.2) is 0 Å². The summed E-state index contributed by atoms with van der Waals surface area (Å²) in [5, 5.41) is 0. The van der Waals surface area contributed by atoms with E-state index in [0.717, 1.165) is 25.7 Å². The zero-order valence-corrected chi connectivity index (χ0v) is 8.95. The van der Waals surface area contributed by atoms with Crippen LogP contribution in [-0.2, 0) is 9.53 Å². The Hall–Kier alpha value is -0.790. The Morgan fingerprint density at radius 2 is 2.43 bits per heavy atom. The van der Waals surface area contributed by atoms with Gasteiger partial charge < -0.3 is 4.74 Å². The first-order valence-electron chi connectivity index (χ1n) is 5.58. The number of carbonyl (C=O) groups excluding carboxylic acids is 1. The third kappa shape index (κ3) is 1.20. The lowest BCUT2D eigenvalue weighted by molar-refractivity contribution is -0.142. The Morgan fingerprint density at radius 3 is 3.14 bits per heavy atom. The van der Waals surface area contributed by atoms with Gasteiger partial charge in [-0.05, 0) is 25.3 Å². The van der Waals surface area contributed by atoms with Crippen molar-refractivity contribution in [3.63, 3.8) is 0 Å². The molecule has 0 aromatic rings. The van der Waals surface area contributed by atoms with Crippen LogP contribution in [0.2, 0.25) is 0 Å². The van der Waals surface area contributed by atoms with Gasteiger partial charge in [-0.2, -0.15) is 0 Å². The Balaban J connectivity index is 2.31. The zero-order chi connectivity index (χ0) is 10.2. The number of ether oxygens (including phenoxy) is 1. The fourth-order valence-corrected chi connectivity index (χ4v) is 2.94. The van der Waals surface area contributed by atoms with Gasteiger partial charge in [-0.3, -0.25) is 4.79 Å². The highest BCUT2D eigenvalue weighted by Crippen LogP contribution is 2.50. The topological polar surface area (TPSA) is 26.3 Å². The Kier molecular flexibility index (Phi) is 2.38. The average molecular weight is 194 g/mol. The fourth-order valence-electron chi connectivity index (χ4n) is 2.94. The summed E-state index contributed by atoms with van der Waals surface area (Å²) in [5.74, 6) is 0.0763. The molecule has 1 heterocycles. The van der Waals surface area contributed by atoms with Crippen molar-refractivity contribution in [1.29, 1.82) is 0 Å². The first-order valence-corrected chi connectivity index (χ1v) is 5.58. The smallest absolute Gasteiger partial charge is 0.309 e. The van der Waals surface area contributed by atoms with E-state index in [1.807, 2.05) is 6.92 Å². The molecule has 14 heavy (non-hydrogen) atoms. The summed E-state index contributed by atoms with van der Waals surface area (Å²) >= 11 is 0. The molecule has 2 nitrogen and oxygen atoms in total. The van der Waals surface area contributed by atoms with Crippen LogP contribution < -0.4 is 0 Å². The number of hydrogen-bond donors (Lipinski definition) is 0. The Bertz CT molecular complexity index is 269. The minimum Gasteiger partial charge on any atom is -0.457 e. The van der Waals surface area contributed by atoms with Crippen LogP contribution in [0.4, 0.5) is 0 Å². The second kappa shape index (κ2) is 3.41. The van der Waals surface area contributed by atoms with E-state index in [9.17, 15) is 4.79 Å². The summed E-state index contributed by atoms with van der Waals surface area (Å²) in [4.78, 5) is 11.6. The molecule has 1 aliphatic carbocycles. The molecule has 2 heteroatoms. The van der Waals surface area contributed by atoms with Gasteiger partial charge in [0.2, 0.25) is 0 Å². The molecule has 1 fully saturated rings. The van der Waals surface area contributed by atoms with Crippen molar-refractivity contribution in [2.45, 2.75) is 45.6 Å². The zero-order valence-electron chi connectivity index (χ0n) is 8.95. The minimum atomic E-state index is -0.00463. The van der Waals surface area contributed by atoms with Gasteiger partial charge in [-0.1, -0.05) is 26.3 Å². The molecule has 0 radical (unpaired) electrons. The molecule has 0 amide bonds. The first-order chi connectivity index (χ1) is 6.70. The van der Waals surface area contributed by atoms with Crippen molar-refractivity contribution in [1.82, 2.24) is 0 Å². The standard InChI is InChI=1S/C12H18O2/c1-3-7-12-8-5-4-6-10(12)14-11(13)9(12)2/h4,6,9-10H,3,5,7-8H2,1-2H3/t9?,10-,12-/m0/s1. The predicted octanol–water partition coefficient (Wildman–Crippen LogP) is 2.68. The van der Waals surface area contributed by atoms with Crippen LogP contribution in [0.1, 0.15) is 39.5 Å². The monoisotopic (exact) mass is 194 g/mol. The lowest BCUT2D eigenvalue weighted by Crippen LogP contribution is -2.36. The third-order valence-corrected chi connectivity index (χ3v) is 3.83. The van der Waals surface area contributed by atoms with E-state index >= 15 is 0 Å². The van der Waals surface area contributed by atoms with Gasteiger partial charge in [-0.15, -0.1) is 0 Å². The van der Waals surface area contributed by atoms with Crippen LogP contribution >= 0.6 is 0 Å². The maximum atomic E-state index is 11.6. The largest absolute Gasteiger partial charge is 0.457 e. The Labute approximate surface area is 85.3 Å². The number of allylic oxidation sites excluding steroid dienone is 1. The predicted molar refractivity (Wildman–Crippen MR) is 54.8 cm³/mol. The van der Waals surface area contributed by atoms with Crippen LogP contribution in [0, 0.1) is 11.3 Å². The van der Waals surface area contributed by atoms with E-state index in [2.05, 4.69) is 19.1 Å². The second-order valence-corrected chi connectivity index (χ2v) is 4.53. The van der Waals surface area contributed by atoms with Gasteiger partial charge in [0.05, 0.1) is 5.92 Å². The number of carbonyl (C=O) groups is 1. The molecule has 3 atom stereocenters. The van der Waals surface area contributed by atoms with Crippen molar-refractivity contribution >= 4 is 5.97 Å². The third-order valence-electron chi connectivity index (χ3n) is 3.83. The number of hydrogen-bond acceptors (Lipinski definition) is 2. The number of rotatable bonds is 2. The molecule has 1 unspecified atom stereocenters. The van der Waals surface area contributed by atoms with Crippen molar-refractivity contribution in [3.8, 4) is 0 Å². The summed E-state index contributed by atoms with van der Waals surface area (Å²) in [6.07, 6.45) is 8.72. The minimum absolute atomic E-state index is 0.00463. The highest BCUT2D eigenvalue weighted by Gasteiger charge is 2.53. The van der Waals surface area contributed by atoms with Crippen molar-refractivity contribution < 1.29 is 9.53 Å². The van der Waals surface area contributed by atoms with E-state index in [-0.39, 0.29) is 23.4 Å². The second-order valence-electron chi connectivity index (χ2n) is 4.53. The molecule has 78 valence electrons. The molecule has 1 saturated heterocycles. The number of fused-ring (bicyclic) bond motifs is 1. The van der Waals surface area contributed by atoms with E-state index in [0.29, 0.717) is 0 Å². The summed E-state index contributed by atoms with van der Waals surface area (Å²) < 4.78 is 5.41. The summed E-state index contributed by atoms with van der Waals surface area (Å²) in [6.45, 7) is 4.21. The van der Waals surface area contributed by atoms with Crippen molar-refractivity contribution in [3.05, 3.63) is 12.2 Å². The molecule has 0 aromatic heterocycles. The number of esters is 1. The summed E-state index contributed by atoms with van der Waals surface area (Å²) in [7, 11) is 0. The van der Waals surface area contributed by atoms with E-state index < -0.39 is 0 Å². The van der Waals surface area contributed by atoms with Crippen LogP contribution in [-0.4, -0.2) is 12.1 Å². The SMILES string of the molecule is CCC[C@@]12CCC=C[C@@H]1OC(=O)C2C. The molecule has 2 rings (SSSR count). The molecule has 0 N–H and O–H groups in total. The van der Waals surface area contributed by atoms with E-state index in [1.165, 1.54) is 0 Å². The van der Waals surface area contributed by atoms with E-state index in [1.54, 1.807) is 0 Å². The quantitative estimate of drug-likeness (QED) is 0.499. The first kappa shape index (κ1) is 9.75. The molecule has 0 saturated carbocycles. The maximum absolute atomic E-state index is 11.6. The maximum Gasteiger partial charge on any atom is 0.309 e. The van der Waals surface area contributed by atoms with Crippen LogP contribution in [0.15, 0.2) is 12.2 Å². The van der Waals surface area contributed by atoms with Gasteiger partial charge >= 0.3 is 5.97 Å². The van der Waals surface area contributed by atoms with Gasteiger partial charge in [0.1, 0.15) is 6.10 Å². The van der Waals surface area contributed by atoms with Gasteiger partial charge in [0.25, 0.3) is 0 Å². The average Bonchev–Trinajstić information content (AvgIpc) is 2.42.